The molecule has 19 N–H and O–H groups in total. The number of hydrogen-bond acceptors (Lipinski definition) is 14. The van der Waals surface area contributed by atoms with Crippen LogP contribution >= 0.6 is 0 Å². The number of nitrogens with two attached hydrogens (primary N) is 6. The molecule has 10 amide bonds. The molecule has 3 aromatic rings. The summed E-state index contributed by atoms with van der Waals surface area (Å²) in [6.07, 6.45) is 0.0116. The number of phenols is 2. The fourth-order valence-corrected chi connectivity index (χ4v) is 8.86. The molecule has 434 valence electrons. The van der Waals surface area contributed by atoms with Crippen LogP contribution in [-0.2, 0) is 67.2 Å². The number of unbranched alkanes of at least 4 members (excludes halogenated alkanes) is 1. The molecule has 1 aliphatic rings. The molecule has 4 rings (SSSR count). The van der Waals surface area contributed by atoms with Crippen molar-refractivity contribution in [3.63, 3.8) is 0 Å². The highest BCUT2D eigenvalue weighted by atomic mass is 16.3. The molecule has 26 heteroatoms. The first kappa shape index (κ1) is 63.7. The van der Waals surface area contributed by atoms with Crippen molar-refractivity contribution >= 4 is 65.0 Å². The number of aromatic hydroxyl groups is 2. The van der Waals surface area contributed by atoms with E-state index in [2.05, 4.69) is 31.6 Å². The molecule has 1 saturated heterocycles. The Bertz CT molecular complexity index is 2640. The van der Waals surface area contributed by atoms with E-state index in [0.29, 0.717) is 30.5 Å². The Morgan fingerprint density at radius 3 is 1.77 bits per heavy atom. The first-order valence-electron chi connectivity index (χ1n) is 26.3. The highest BCUT2D eigenvalue weighted by Crippen LogP contribution is 2.21. The number of nitrogens with one attached hydrogen (secondary N) is 5. The Hall–Kier alpha value is -8.81. The van der Waals surface area contributed by atoms with Crippen LogP contribution in [0.25, 0.3) is 0 Å². The van der Waals surface area contributed by atoms with E-state index in [0.717, 1.165) is 5.56 Å². The molecule has 26 nitrogen and oxygen atoms in total. The van der Waals surface area contributed by atoms with Gasteiger partial charge in [0.2, 0.25) is 59.1 Å². The predicted octanol–water partition coefficient (Wildman–Crippen LogP) is -2.58. The number of nitrogens with zero attached hydrogens (tertiary/aromatic N) is 3. The van der Waals surface area contributed by atoms with Gasteiger partial charge in [0.05, 0.1) is 12.3 Å². The molecule has 1 heterocycles. The lowest BCUT2D eigenvalue weighted by Crippen LogP contribution is -2.60. The number of aryl methyl sites for hydroxylation is 1. The van der Waals surface area contributed by atoms with Gasteiger partial charge in [-0.2, -0.15) is 0 Å². The number of amides is 10. The fraction of sp³-hybridized carbons (Fsp3) is 0.463. The maximum absolute atomic E-state index is 14.5. The summed E-state index contributed by atoms with van der Waals surface area (Å²) in [5.41, 5.74) is 35.0. The third kappa shape index (κ3) is 21.5. The van der Waals surface area contributed by atoms with Crippen LogP contribution in [0.1, 0.15) is 80.9 Å². The van der Waals surface area contributed by atoms with Gasteiger partial charge >= 0.3 is 0 Å². The van der Waals surface area contributed by atoms with E-state index in [1.165, 1.54) is 41.1 Å². The van der Waals surface area contributed by atoms with Crippen LogP contribution < -0.4 is 61.0 Å². The molecule has 0 bridgehead atoms. The van der Waals surface area contributed by atoms with Crippen molar-refractivity contribution in [2.45, 2.75) is 120 Å². The Labute approximate surface area is 463 Å². The van der Waals surface area contributed by atoms with E-state index in [-0.39, 0.29) is 88.5 Å². The van der Waals surface area contributed by atoms with E-state index in [4.69, 9.17) is 34.4 Å². The number of likely N-dealkylation sites (tertiary alicyclic amines) is 1. The monoisotopic (exact) mass is 1110 g/mol. The van der Waals surface area contributed by atoms with Crippen molar-refractivity contribution in [3.05, 3.63) is 95.6 Å². The van der Waals surface area contributed by atoms with Gasteiger partial charge in [0.1, 0.15) is 47.8 Å². The SMILES string of the molecule is CN(C(=O)CCc1ccc(O)cc1)[C@H](Cc1ccc(O)cc1)C(=O)N[C@@H](Cc1ccccc1)C(=O)N[C@@H](CCC(N)=O)C(=O)N[C@@H](CC(N)=O)C(=O)N[C@@H](CCCN=C(N)N)C(=O)N1CC[C@H](C(=O)N[C@@H](CCCCN)C(N)=O)C1. The molecular weight excluding hydrogens is 1040 g/mol. The molecule has 1 fully saturated rings. The summed E-state index contributed by atoms with van der Waals surface area (Å²) in [5.74, 6) is -9.04. The molecule has 80 heavy (non-hydrogen) atoms. The maximum Gasteiger partial charge on any atom is 0.245 e. The quantitative estimate of drug-likeness (QED) is 0.0169. The summed E-state index contributed by atoms with van der Waals surface area (Å²) in [4.78, 5) is 142. The zero-order chi connectivity index (χ0) is 58.9. The lowest BCUT2D eigenvalue weighted by atomic mass is 10.0. The molecule has 0 saturated carbocycles. The van der Waals surface area contributed by atoms with Crippen LogP contribution in [0.3, 0.4) is 0 Å². The number of carbonyl (C=O) groups excluding carboxylic acids is 10. The van der Waals surface area contributed by atoms with Gasteiger partial charge in [0.15, 0.2) is 5.96 Å². The third-order valence-electron chi connectivity index (χ3n) is 13.4. The lowest BCUT2D eigenvalue weighted by molar-refractivity contribution is -0.140. The van der Waals surface area contributed by atoms with Crippen molar-refractivity contribution in [1.29, 1.82) is 0 Å². The molecular formula is C54H76N14O12. The van der Waals surface area contributed by atoms with Crippen molar-refractivity contribution in [1.82, 2.24) is 36.4 Å². The minimum Gasteiger partial charge on any atom is -0.508 e. The second-order valence-electron chi connectivity index (χ2n) is 19.6. The number of phenolic OH excluding ortho intramolecular Hbond substituents is 2. The van der Waals surface area contributed by atoms with Gasteiger partial charge in [0, 0.05) is 52.4 Å². The number of rotatable bonds is 33. The van der Waals surface area contributed by atoms with E-state index < -0.39 is 121 Å². The number of likely N-dealkylation sites (N-methyl/N-ethyl adjacent to an activating group) is 1. The van der Waals surface area contributed by atoms with Crippen molar-refractivity contribution < 1.29 is 58.2 Å². The average molecular weight is 1110 g/mol. The molecule has 0 aromatic heterocycles. The molecule has 3 aromatic carbocycles. The van der Waals surface area contributed by atoms with Gasteiger partial charge in [-0.3, -0.25) is 52.9 Å². The van der Waals surface area contributed by atoms with Gasteiger partial charge in [-0.1, -0.05) is 54.6 Å². The minimum atomic E-state index is -1.77. The largest absolute Gasteiger partial charge is 0.508 e. The van der Waals surface area contributed by atoms with E-state index >= 15 is 0 Å². The number of primary amides is 3. The van der Waals surface area contributed by atoms with E-state index in [1.54, 1.807) is 54.6 Å². The van der Waals surface area contributed by atoms with Crippen LogP contribution in [0.5, 0.6) is 11.5 Å². The highest BCUT2D eigenvalue weighted by Gasteiger charge is 2.38. The smallest absolute Gasteiger partial charge is 0.245 e. The van der Waals surface area contributed by atoms with Crippen LogP contribution in [0, 0.1) is 5.92 Å². The van der Waals surface area contributed by atoms with Crippen molar-refractivity contribution in [3.8, 4) is 11.5 Å². The van der Waals surface area contributed by atoms with E-state index in [9.17, 15) is 58.2 Å². The van der Waals surface area contributed by atoms with Crippen LogP contribution in [0.2, 0.25) is 0 Å². The standard InChI is InChI=1S/C54H76N14O12/c1-67(46(73)23-16-32-12-17-36(69)18-13-32)43(29-34-14-19-37(70)20-15-34)52(79)66-41(28-33-8-3-2-4-9-33)50(77)63-39(21-22-44(56)71)49(76)65-42(30-45(57)72)51(78)64-40(11-7-26-61-54(59)60)53(80)68-27-24-35(31-68)48(75)62-38(47(58)74)10-5-6-25-55/h2-4,8-9,12-15,17-20,35,38-43,69-70H,5-7,10-11,16,21-31,55H2,1H3,(H2,56,71)(H2,57,72)(H2,58,74)(H,62,75)(H,63,77)(H,64,78)(H,65,76)(H,66,79)(H4,59,60,61)/t35-,38-,39-,40-,41-,42-,43+/m0/s1. The Balaban J connectivity index is 1.58. The van der Waals surface area contributed by atoms with Gasteiger partial charge < -0.3 is 81.0 Å². The molecule has 1 aliphatic heterocycles. The number of hydrogen-bond donors (Lipinski definition) is 13. The van der Waals surface area contributed by atoms with Gasteiger partial charge in [0.25, 0.3) is 0 Å². The van der Waals surface area contributed by atoms with Gasteiger partial charge in [-0.15, -0.1) is 0 Å². The molecule has 0 radical (unpaired) electrons. The lowest BCUT2D eigenvalue weighted by Gasteiger charge is -2.30. The molecule has 0 unspecified atom stereocenters. The average Bonchev–Trinajstić information content (AvgIpc) is 3.92. The highest BCUT2D eigenvalue weighted by molar-refractivity contribution is 5.98. The summed E-state index contributed by atoms with van der Waals surface area (Å²) < 4.78 is 0. The first-order valence-corrected chi connectivity index (χ1v) is 26.3. The number of benzene rings is 3. The summed E-state index contributed by atoms with van der Waals surface area (Å²) >= 11 is 0. The summed E-state index contributed by atoms with van der Waals surface area (Å²) in [7, 11) is 1.43. The zero-order valence-corrected chi connectivity index (χ0v) is 44.9. The topological polar surface area (TPSA) is 446 Å². The zero-order valence-electron chi connectivity index (χ0n) is 44.9. The number of carbonyl (C=O) groups is 10. The maximum atomic E-state index is 14.5. The Kier molecular flexibility index (Phi) is 25.6. The summed E-state index contributed by atoms with van der Waals surface area (Å²) in [5, 5.41) is 32.7. The van der Waals surface area contributed by atoms with E-state index in [1.807, 2.05) is 0 Å². The van der Waals surface area contributed by atoms with Crippen LogP contribution in [0.15, 0.2) is 83.9 Å². The number of guanidine groups is 1. The summed E-state index contributed by atoms with van der Waals surface area (Å²) in [6.45, 7) is 0.408. The fourth-order valence-electron chi connectivity index (χ4n) is 8.86. The second-order valence-corrected chi connectivity index (χ2v) is 19.6. The Morgan fingerprint density at radius 1 is 0.613 bits per heavy atom. The van der Waals surface area contributed by atoms with Gasteiger partial charge in [-0.05, 0) is 98.9 Å². The van der Waals surface area contributed by atoms with Crippen molar-refractivity contribution in [2.24, 2.45) is 45.3 Å². The molecule has 0 spiro atoms. The molecule has 0 aliphatic carbocycles. The van der Waals surface area contributed by atoms with Crippen LogP contribution in [-0.4, -0.2) is 155 Å². The molecule has 7 atom stereocenters. The van der Waals surface area contributed by atoms with Crippen molar-refractivity contribution in [2.75, 3.05) is 33.2 Å². The number of aliphatic imine (C=N–C) groups is 1. The normalized spacial score (nSPS) is 15.1. The third-order valence-corrected chi connectivity index (χ3v) is 13.4. The minimum absolute atomic E-state index is 0.0345. The van der Waals surface area contributed by atoms with Gasteiger partial charge in [-0.25, -0.2) is 0 Å². The van der Waals surface area contributed by atoms with Crippen LogP contribution in [0.4, 0.5) is 0 Å². The Morgan fingerprint density at radius 2 is 1.18 bits per heavy atom. The summed E-state index contributed by atoms with van der Waals surface area (Å²) in [6, 6.07) is 12.4. The first-order chi connectivity index (χ1) is 38.0. The second kappa shape index (κ2) is 32.2. The predicted molar refractivity (Wildman–Crippen MR) is 294 cm³/mol.